The molecule has 0 radical (unpaired) electrons. The average molecular weight is 458 g/mol. The number of halogens is 1. The first kappa shape index (κ1) is 21.8. The van der Waals surface area contributed by atoms with Gasteiger partial charge in [0.1, 0.15) is 5.69 Å². The van der Waals surface area contributed by atoms with Crippen LogP contribution >= 0.6 is 0 Å². The number of benzene rings is 2. The lowest BCUT2D eigenvalue weighted by Crippen LogP contribution is -2.39. The van der Waals surface area contributed by atoms with Crippen molar-refractivity contribution in [3.05, 3.63) is 102 Å². The third kappa shape index (κ3) is 4.80. The van der Waals surface area contributed by atoms with Crippen molar-refractivity contribution in [3.63, 3.8) is 0 Å². The third-order valence-corrected chi connectivity index (χ3v) is 5.93. The van der Waals surface area contributed by atoms with Gasteiger partial charge >= 0.3 is 0 Å². The molecule has 0 saturated carbocycles. The van der Waals surface area contributed by atoms with Gasteiger partial charge in [-0.15, -0.1) is 0 Å². The molecule has 1 fully saturated rings. The van der Waals surface area contributed by atoms with Crippen molar-refractivity contribution < 1.29 is 13.9 Å². The number of ether oxygens (including phenoxy) is 1. The van der Waals surface area contributed by atoms with E-state index in [4.69, 9.17) is 4.74 Å². The highest BCUT2D eigenvalue weighted by Crippen LogP contribution is 2.33. The van der Waals surface area contributed by atoms with Gasteiger partial charge in [-0.3, -0.25) is 9.78 Å². The summed E-state index contributed by atoms with van der Waals surface area (Å²) in [6.45, 7) is 1.82. The van der Waals surface area contributed by atoms with E-state index in [0.717, 1.165) is 18.4 Å². The molecule has 8 heteroatoms. The number of nitrogens with zero attached hydrogens (tertiary/aromatic N) is 5. The van der Waals surface area contributed by atoms with Gasteiger partial charge in [-0.05, 0) is 42.7 Å². The SMILES string of the molecule is O=C(c1cccc(Cn2ccnc2)c1)N1CCC[C@H](c2nccnc2Oc2ccccc2F)C1. The number of aromatic nitrogens is 4. The zero-order valence-electron chi connectivity index (χ0n) is 18.5. The molecule has 0 bridgehead atoms. The molecule has 3 heterocycles. The van der Waals surface area contributed by atoms with E-state index >= 15 is 0 Å². The molecule has 2 aromatic carbocycles. The standard InChI is InChI=1S/C26H24FN5O2/c27-22-8-1-2-9-23(22)34-25-24(29-10-11-30-25)21-7-4-13-32(17-21)26(33)20-6-3-5-19(15-20)16-31-14-12-28-18-31/h1-3,5-6,8-12,14-15,18,21H,4,7,13,16-17H2/t21-/m0/s1. The number of imidazole rings is 1. The molecule has 7 nitrogen and oxygen atoms in total. The molecular formula is C26H24FN5O2. The maximum atomic E-state index is 14.1. The number of hydrogen-bond donors (Lipinski definition) is 0. The van der Waals surface area contributed by atoms with Crippen LogP contribution in [0.5, 0.6) is 11.6 Å². The maximum Gasteiger partial charge on any atom is 0.253 e. The van der Waals surface area contributed by atoms with E-state index in [0.29, 0.717) is 30.9 Å². The summed E-state index contributed by atoms with van der Waals surface area (Å²) >= 11 is 0. The number of carbonyl (C=O) groups excluding carboxylic acids is 1. The Hall–Kier alpha value is -4.07. The van der Waals surface area contributed by atoms with Crippen LogP contribution in [0.3, 0.4) is 0 Å². The summed E-state index contributed by atoms with van der Waals surface area (Å²) in [5.41, 5.74) is 2.32. The summed E-state index contributed by atoms with van der Waals surface area (Å²) in [4.78, 5) is 28.1. The molecule has 1 aliphatic heterocycles. The Morgan fingerprint density at radius 2 is 1.97 bits per heavy atom. The Morgan fingerprint density at radius 1 is 1.09 bits per heavy atom. The fourth-order valence-electron chi connectivity index (χ4n) is 4.29. The molecule has 0 N–H and O–H groups in total. The summed E-state index contributed by atoms with van der Waals surface area (Å²) in [6.07, 6.45) is 10.2. The smallest absolute Gasteiger partial charge is 0.253 e. The fraction of sp³-hybridized carbons (Fsp3) is 0.231. The van der Waals surface area contributed by atoms with E-state index in [2.05, 4.69) is 15.0 Å². The van der Waals surface area contributed by atoms with E-state index in [1.165, 1.54) is 12.3 Å². The number of rotatable bonds is 6. The van der Waals surface area contributed by atoms with Gasteiger partial charge in [0, 0.05) is 55.9 Å². The molecule has 172 valence electrons. The summed E-state index contributed by atoms with van der Waals surface area (Å²) in [6, 6.07) is 13.9. The first-order chi connectivity index (χ1) is 16.7. The van der Waals surface area contributed by atoms with E-state index in [9.17, 15) is 9.18 Å². The van der Waals surface area contributed by atoms with Gasteiger partial charge in [-0.2, -0.15) is 0 Å². The molecule has 1 atom stereocenters. The van der Waals surface area contributed by atoms with Crippen LogP contribution in [0, 0.1) is 5.82 Å². The highest BCUT2D eigenvalue weighted by atomic mass is 19.1. The second kappa shape index (κ2) is 9.82. The molecule has 2 aromatic heterocycles. The van der Waals surface area contributed by atoms with Gasteiger partial charge in [-0.1, -0.05) is 24.3 Å². The van der Waals surface area contributed by atoms with Crippen molar-refractivity contribution >= 4 is 5.91 Å². The Labute approximate surface area is 196 Å². The van der Waals surface area contributed by atoms with E-state index in [-0.39, 0.29) is 23.5 Å². The minimum absolute atomic E-state index is 0.0161. The van der Waals surface area contributed by atoms with Crippen LogP contribution in [0.25, 0.3) is 0 Å². The Morgan fingerprint density at radius 3 is 2.82 bits per heavy atom. The minimum atomic E-state index is -0.463. The second-order valence-corrected chi connectivity index (χ2v) is 8.30. The van der Waals surface area contributed by atoms with E-state index in [1.54, 1.807) is 36.9 Å². The number of likely N-dealkylation sites (tertiary alicyclic amines) is 1. The number of amides is 1. The molecule has 1 amide bonds. The highest BCUT2D eigenvalue weighted by Gasteiger charge is 2.29. The molecule has 4 aromatic rings. The van der Waals surface area contributed by atoms with Gasteiger partial charge in [-0.25, -0.2) is 14.4 Å². The monoisotopic (exact) mass is 457 g/mol. The fourth-order valence-corrected chi connectivity index (χ4v) is 4.29. The third-order valence-electron chi connectivity index (χ3n) is 5.93. The van der Waals surface area contributed by atoms with Gasteiger partial charge in [0.25, 0.3) is 5.91 Å². The first-order valence-electron chi connectivity index (χ1n) is 11.2. The molecule has 0 unspecified atom stereocenters. The lowest BCUT2D eigenvalue weighted by Gasteiger charge is -2.33. The summed E-state index contributed by atoms with van der Waals surface area (Å²) in [5.74, 6) is -0.160. The zero-order chi connectivity index (χ0) is 23.3. The lowest BCUT2D eigenvalue weighted by molar-refractivity contribution is 0.0704. The average Bonchev–Trinajstić information content (AvgIpc) is 3.39. The highest BCUT2D eigenvalue weighted by molar-refractivity contribution is 5.94. The number of piperidine rings is 1. The van der Waals surface area contributed by atoms with Crippen LogP contribution in [0.2, 0.25) is 0 Å². The van der Waals surface area contributed by atoms with Gasteiger partial charge in [0.2, 0.25) is 5.88 Å². The Kier molecular flexibility index (Phi) is 6.29. The minimum Gasteiger partial charge on any atom is -0.434 e. The van der Waals surface area contributed by atoms with Crippen LogP contribution in [-0.4, -0.2) is 43.4 Å². The van der Waals surface area contributed by atoms with Gasteiger partial charge in [0.15, 0.2) is 11.6 Å². The summed E-state index contributed by atoms with van der Waals surface area (Å²) in [7, 11) is 0. The van der Waals surface area contributed by atoms with Crippen molar-refractivity contribution in [2.75, 3.05) is 13.1 Å². The second-order valence-electron chi connectivity index (χ2n) is 8.30. The number of para-hydroxylation sites is 1. The molecule has 1 aliphatic rings. The van der Waals surface area contributed by atoms with Crippen LogP contribution in [-0.2, 0) is 6.54 Å². The van der Waals surface area contributed by atoms with Crippen LogP contribution in [0.4, 0.5) is 4.39 Å². The predicted molar refractivity (Wildman–Crippen MR) is 124 cm³/mol. The van der Waals surface area contributed by atoms with Crippen molar-refractivity contribution in [1.29, 1.82) is 0 Å². The molecular weight excluding hydrogens is 433 g/mol. The van der Waals surface area contributed by atoms with Crippen molar-refractivity contribution in [2.24, 2.45) is 0 Å². The van der Waals surface area contributed by atoms with Gasteiger partial charge in [0.05, 0.1) is 6.33 Å². The molecule has 0 spiro atoms. The lowest BCUT2D eigenvalue weighted by atomic mass is 9.94. The van der Waals surface area contributed by atoms with Gasteiger partial charge < -0.3 is 14.2 Å². The number of carbonyl (C=O) groups is 1. The van der Waals surface area contributed by atoms with Crippen molar-refractivity contribution in [3.8, 4) is 11.6 Å². The molecule has 1 saturated heterocycles. The molecule has 5 rings (SSSR count). The molecule has 34 heavy (non-hydrogen) atoms. The van der Waals surface area contributed by atoms with Crippen molar-refractivity contribution in [2.45, 2.75) is 25.3 Å². The van der Waals surface area contributed by atoms with Crippen LogP contribution < -0.4 is 4.74 Å². The van der Waals surface area contributed by atoms with E-state index < -0.39 is 5.82 Å². The van der Waals surface area contributed by atoms with Crippen LogP contribution in [0.15, 0.2) is 79.6 Å². The summed E-state index contributed by atoms with van der Waals surface area (Å²) in [5, 5.41) is 0. The summed E-state index contributed by atoms with van der Waals surface area (Å²) < 4.78 is 21.9. The topological polar surface area (TPSA) is 73.1 Å². The Bertz CT molecular complexity index is 1280. The van der Waals surface area contributed by atoms with Crippen LogP contribution in [0.1, 0.15) is 40.4 Å². The predicted octanol–water partition coefficient (Wildman–Crippen LogP) is 4.67. The Balaban J connectivity index is 1.33. The maximum absolute atomic E-state index is 14.1. The largest absolute Gasteiger partial charge is 0.434 e. The molecule has 0 aliphatic carbocycles. The first-order valence-corrected chi connectivity index (χ1v) is 11.2. The van der Waals surface area contributed by atoms with Crippen molar-refractivity contribution in [1.82, 2.24) is 24.4 Å². The normalized spacial score (nSPS) is 15.8. The quantitative estimate of drug-likeness (QED) is 0.421. The van der Waals surface area contributed by atoms with E-state index in [1.807, 2.05) is 39.9 Å². The number of hydrogen-bond acceptors (Lipinski definition) is 5. The zero-order valence-corrected chi connectivity index (χ0v) is 18.5.